The Hall–Kier alpha value is -0.980. The fourth-order valence-corrected chi connectivity index (χ4v) is 1.14. The molecule has 0 amide bonds. The summed E-state index contributed by atoms with van der Waals surface area (Å²) in [5.74, 6) is 0.973. The molecule has 0 aliphatic heterocycles. The van der Waals surface area contributed by atoms with Crippen molar-refractivity contribution in [1.29, 1.82) is 0 Å². The summed E-state index contributed by atoms with van der Waals surface area (Å²) in [5, 5.41) is 0. The van der Waals surface area contributed by atoms with Crippen LogP contribution in [0.3, 0.4) is 0 Å². The van der Waals surface area contributed by atoms with E-state index in [4.69, 9.17) is 4.74 Å². The van der Waals surface area contributed by atoms with E-state index in [-0.39, 0.29) is 5.60 Å². The van der Waals surface area contributed by atoms with Gasteiger partial charge < -0.3 is 4.74 Å². The van der Waals surface area contributed by atoms with Gasteiger partial charge in [-0.25, -0.2) is 0 Å². The SMILES string of the molecule is CC1=CCC=C(OC(C)(C)C)C=C1. The van der Waals surface area contributed by atoms with Crippen LogP contribution in [-0.2, 0) is 4.74 Å². The second-order valence-corrected chi connectivity index (χ2v) is 4.34. The normalized spacial score (nSPS) is 17.5. The molecular formula is C12H18O. The van der Waals surface area contributed by atoms with Crippen molar-refractivity contribution < 1.29 is 4.74 Å². The Bertz CT molecular complexity index is 261. The zero-order chi connectivity index (χ0) is 9.90. The molecule has 0 spiro atoms. The molecule has 1 nitrogen and oxygen atoms in total. The molecule has 0 radical (unpaired) electrons. The average molecular weight is 178 g/mol. The zero-order valence-corrected chi connectivity index (χ0v) is 8.92. The van der Waals surface area contributed by atoms with Crippen LogP contribution in [-0.4, -0.2) is 5.60 Å². The highest BCUT2D eigenvalue weighted by atomic mass is 16.5. The van der Waals surface area contributed by atoms with E-state index < -0.39 is 0 Å². The van der Waals surface area contributed by atoms with E-state index in [9.17, 15) is 0 Å². The molecule has 0 aromatic heterocycles. The van der Waals surface area contributed by atoms with Gasteiger partial charge >= 0.3 is 0 Å². The van der Waals surface area contributed by atoms with E-state index in [1.54, 1.807) is 0 Å². The van der Waals surface area contributed by atoms with Gasteiger partial charge in [-0.15, -0.1) is 0 Å². The van der Waals surface area contributed by atoms with Crippen molar-refractivity contribution in [2.75, 3.05) is 0 Å². The van der Waals surface area contributed by atoms with E-state index in [1.807, 2.05) is 6.08 Å². The minimum Gasteiger partial charge on any atom is -0.488 e. The predicted molar refractivity (Wildman–Crippen MR) is 56.4 cm³/mol. The summed E-state index contributed by atoms with van der Waals surface area (Å²) in [5.41, 5.74) is 1.19. The monoisotopic (exact) mass is 178 g/mol. The smallest absolute Gasteiger partial charge is 0.116 e. The minimum atomic E-state index is -0.103. The molecule has 0 atom stereocenters. The molecule has 0 N–H and O–H groups in total. The number of allylic oxidation sites excluding steroid dienone is 5. The van der Waals surface area contributed by atoms with Crippen LogP contribution in [0.15, 0.2) is 35.6 Å². The van der Waals surface area contributed by atoms with Gasteiger partial charge in [0.1, 0.15) is 11.4 Å². The first-order valence-corrected chi connectivity index (χ1v) is 4.71. The van der Waals surface area contributed by atoms with Gasteiger partial charge in [0.25, 0.3) is 0 Å². The van der Waals surface area contributed by atoms with E-state index in [1.165, 1.54) is 5.57 Å². The maximum atomic E-state index is 5.75. The molecule has 13 heavy (non-hydrogen) atoms. The Morgan fingerprint density at radius 1 is 1.15 bits per heavy atom. The van der Waals surface area contributed by atoms with Gasteiger partial charge in [0, 0.05) is 0 Å². The van der Waals surface area contributed by atoms with Crippen LogP contribution < -0.4 is 0 Å². The van der Waals surface area contributed by atoms with E-state index in [2.05, 4.69) is 45.9 Å². The van der Waals surface area contributed by atoms with Gasteiger partial charge in [-0.1, -0.05) is 17.7 Å². The van der Waals surface area contributed by atoms with Crippen molar-refractivity contribution in [3.05, 3.63) is 35.6 Å². The van der Waals surface area contributed by atoms with Crippen LogP contribution in [0.4, 0.5) is 0 Å². The third-order valence-electron chi connectivity index (χ3n) is 1.69. The lowest BCUT2D eigenvalue weighted by Crippen LogP contribution is -2.18. The molecule has 0 fully saturated rings. The molecule has 1 heteroatoms. The van der Waals surface area contributed by atoms with Crippen molar-refractivity contribution in [2.45, 2.75) is 39.7 Å². The summed E-state index contributed by atoms with van der Waals surface area (Å²) < 4.78 is 5.75. The topological polar surface area (TPSA) is 9.23 Å². The summed E-state index contributed by atoms with van der Waals surface area (Å²) in [6.45, 7) is 8.29. The van der Waals surface area contributed by atoms with Crippen LogP contribution in [0.25, 0.3) is 0 Å². The molecule has 0 bridgehead atoms. The third kappa shape index (κ3) is 3.97. The number of hydrogen-bond acceptors (Lipinski definition) is 1. The van der Waals surface area contributed by atoms with Crippen molar-refractivity contribution in [3.8, 4) is 0 Å². The molecule has 72 valence electrons. The highest BCUT2D eigenvalue weighted by Gasteiger charge is 2.12. The maximum Gasteiger partial charge on any atom is 0.116 e. The molecule has 0 saturated heterocycles. The molecule has 0 heterocycles. The summed E-state index contributed by atoms with van der Waals surface area (Å²) in [6.07, 6.45) is 9.38. The van der Waals surface area contributed by atoms with Crippen LogP contribution in [0.5, 0.6) is 0 Å². The molecule has 1 aliphatic rings. The van der Waals surface area contributed by atoms with E-state index in [0.29, 0.717) is 0 Å². The minimum absolute atomic E-state index is 0.103. The second kappa shape index (κ2) is 3.82. The first-order valence-electron chi connectivity index (χ1n) is 4.71. The van der Waals surface area contributed by atoms with Gasteiger partial charge in [-0.05, 0) is 46.3 Å². The largest absolute Gasteiger partial charge is 0.488 e. The molecule has 0 aromatic carbocycles. The van der Waals surface area contributed by atoms with Gasteiger partial charge in [0.2, 0.25) is 0 Å². The number of ether oxygens (including phenoxy) is 1. The third-order valence-corrected chi connectivity index (χ3v) is 1.69. The molecule has 1 rings (SSSR count). The summed E-state index contributed by atoms with van der Waals surface area (Å²) in [7, 11) is 0. The van der Waals surface area contributed by atoms with Crippen LogP contribution in [0.1, 0.15) is 34.1 Å². The molecular weight excluding hydrogens is 160 g/mol. The molecule has 1 aliphatic carbocycles. The molecule has 0 unspecified atom stereocenters. The predicted octanol–water partition coefficient (Wildman–Crippen LogP) is 3.59. The average Bonchev–Trinajstić information content (AvgIpc) is 2.12. The number of rotatable bonds is 1. The fourth-order valence-electron chi connectivity index (χ4n) is 1.14. The lowest BCUT2D eigenvalue weighted by molar-refractivity contribution is 0.0596. The van der Waals surface area contributed by atoms with Crippen molar-refractivity contribution in [1.82, 2.24) is 0 Å². The van der Waals surface area contributed by atoms with Crippen LogP contribution in [0, 0.1) is 0 Å². The summed E-state index contributed by atoms with van der Waals surface area (Å²) in [6, 6.07) is 0. The highest BCUT2D eigenvalue weighted by molar-refractivity contribution is 5.28. The first kappa shape index (κ1) is 10.1. The van der Waals surface area contributed by atoms with Gasteiger partial charge in [-0.3, -0.25) is 0 Å². The fraction of sp³-hybridized carbons (Fsp3) is 0.500. The van der Waals surface area contributed by atoms with Gasteiger partial charge in [-0.2, -0.15) is 0 Å². The Kier molecular flexibility index (Phi) is 2.97. The molecule has 0 aromatic rings. The Morgan fingerprint density at radius 3 is 2.46 bits per heavy atom. The van der Waals surface area contributed by atoms with Gasteiger partial charge in [0.15, 0.2) is 0 Å². The van der Waals surface area contributed by atoms with Crippen molar-refractivity contribution >= 4 is 0 Å². The quantitative estimate of drug-likeness (QED) is 0.596. The van der Waals surface area contributed by atoms with Crippen LogP contribution >= 0.6 is 0 Å². The standard InChI is InChI=1S/C12H18O/c1-10-6-5-7-11(9-8-10)13-12(2,3)4/h6-9H,5H2,1-4H3. The second-order valence-electron chi connectivity index (χ2n) is 4.34. The molecule has 0 saturated carbocycles. The van der Waals surface area contributed by atoms with Crippen molar-refractivity contribution in [3.63, 3.8) is 0 Å². The maximum absolute atomic E-state index is 5.75. The zero-order valence-electron chi connectivity index (χ0n) is 8.92. The first-order chi connectivity index (χ1) is 5.97. The van der Waals surface area contributed by atoms with Crippen molar-refractivity contribution in [2.24, 2.45) is 0 Å². The van der Waals surface area contributed by atoms with E-state index in [0.717, 1.165) is 12.2 Å². The van der Waals surface area contributed by atoms with Crippen LogP contribution in [0.2, 0.25) is 0 Å². The van der Waals surface area contributed by atoms with Gasteiger partial charge in [0.05, 0.1) is 0 Å². The lowest BCUT2D eigenvalue weighted by atomic mass is 10.2. The highest BCUT2D eigenvalue weighted by Crippen LogP contribution is 2.18. The summed E-state index contributed by atoms with van der Waals surface area (Å²) in [4.78, 5) is 0. The Labute approximate surface area is 80.8 Å². The Morgan fingerprint density at radius 2 is 1.85 bits per heavy atom. The lowest BCUT2D eigenvalue weighted by Gasteiger charge is -2.21. The Balaban J connectivity index is 2.64. The van der Waals surface area contributed by atoms with E-state index >= 15 is 0 Å². The summed E-state index contributed by atoms with van der Waals surface area (Å²) >= 11 is 0. The number of hydrogen-bond donors (Lipinski definition) is 0.